The number of hydrogen-bond donors (Lipinski definition) is 1. The highest BCUT2D eigenvalue weighted by Gasteiger charge is 2.10. The lowest BCUT2D eigenvalue weighted by atomic mass is 9.90. The summed E-state index contributed by atoms with van der Waals surface area (Å²) in [6, 6.07) is 0.667. The SMILES string of the molecule is CCCCCCCCCCCCCC(CCCCCCCCCCCCC)CCCOCCOCCNC(CCCCCCCCCCCCC)CCCCCCCCCCCCC. The van der Waals surface area contributed by atoms with Crippen LogP contribution in [0.5, 0.6) is 0 Å². The Labute approximate surface area is 406 Å². The summed E-state index contributed by atoms with van der Waals surface area (Å²) >= 11 is 0. The van der Waals surface area contributed by atoms with E-state index in [-0.39, 0.29) is 0 Å². The average Bonchev–Trinajstić information content (AvgIpc) is 3.30. The van der Waals surface area contributed by atoms with Gasteiger partial charge in [0.1, 0.15) is 0 Å². The lowest BCUT2D eigenvalue weighted by molar-refractivity contribution is 0.0453. The van der Waals surface area contributed by atoms with Crippen LogP contribution < -0.4 is 5.32 Å². The van der Waals surface area contributed by atoms with Gasteiger partial charge in [0.05, 0.1) is 19.8 Å². The first-order valence-corrected chi connectivity index (χ1v) is 30.7. The van der Waals surface area contributed by atoms with E-state index >= 15 is 0 Å². The Balaban J connectivity index is 4.34. The third-order valence-electron chi connectivity index (χ3n) is 14.7. The van der Waals surface area contributed by atoms with Crippen LogP contribution in [0.1, 0.15) is 349 Å². The molecule has 0 rings (SSSR count). The molecular weight excluding hydrogens is 779 g/mol. The molecule has 0 saturated heterocycles. The molecule has 3 nitrogen and oxygen atoms in total. The van der Waals surface area contributed by atoms with Gasteiger partial charge in [-0.15, -0.1) is 0 Å². The van der Waals surface area contributed by atoms with E-state index < -0.39 is 0 Å². The molecule has 0 radical (unpaired) electrons. The Morgan fingerprint density at radius 2 is 0.469 bits per heavy atom. The highest BCUT2D eigenvalue weighted by Crippen LogP contribution is 2.24. The molecule has 386 valence electrons. The lowest BCUT2D eigenvalue weighted by Gasteiger charge is -2.19. The lowest BCUT2D eigenvalue weighted by Crippen LogP contribution is -2.32. The number of rotatable bonds is 59. The van der Waals surface area contributed by atoms with Gasteiger partial charge in [-0.2, -0.15) is 0 Å². The highest BCUT2D eigenvalue weighted by atomic mass is 16.5. The zero-order valence-corrected chi connectivity index (χ0v) is 45.4. The Morgan fingerprint density at radius 3 is 0.766 bits per heavy atom. The number of hydrogen-bond acceptors (Lipinski definition) is 3. The van der Waals surface area contributed by atoms with E-state index in [0.717, 1.165) is 38.9 Å². The van der Waals surface area contributed by atoms with E-state index in [2.05, 4.69) is 33.0 Å². The van der Waals surface area contributed by atoms with Crippen molar-refractivity contribution >= 4 is 0 Å². The standard InChI is InChI=1S/C61H125NO2/c1-5-9-13-17-21-25-29-33-37-41-45-50-60(51-46-42-38-34-30-26-22-18-14-10-6-2)52-49-56-63-58-59-64-57-55-62-61(53-47-43-39-35-31-27-23-19-15-11-7-3)54-48-44-40-36-32-28-24-20-16-12-8-4/h60-62H,5-59H2,1-4H3. The molecule has 0 aliphatic rings. The van der Waals surface area contributed by atoms with Crippen LogP contribution in [0.2, 0.25) is 0 Å². The Morgan fingerprint density at radius 1 is 0.234 bits per heavy atom. The van der Waals surface area contributed by atoms with Crippen LogP contribution in [0.4, 0.5) is 0 Å². The van der Waals surface area contributed by atoms with Crippen molar-refractivity contribution in [2.75, 3.05) is 33.0 Å². The van der Waals surface area contributed by atoms with E-state index in [9.17, 15) is 0 Å². The van der Waals surface area contributed by atoms with E-state index in [1.165, 1.54) is 321 Å². The first-order chi connectivity index (χ1) is 31.8. The summed E-state index contributed by atoms with van der Waals surface area (Å²) in [5.41, 5.74) is 0. The van der Waals surface area contributed by atoms with Crippen LogP contribution in [-0.2, 0) is 9.47 Å². The normalized spacial score (nSPS) is 11.9. The molecule has 0 heterocycles. The van der Waals surface area contributed by atoms with Gasteiger partial charge in [0.25, 0.3) is 0 Å². The Bertz CT molecular complexity index is 672. The number of ether oxygens (including phenoxy) is 2. The van der Waals surface area contributed by atoms with Gasteiger partial charge >= 0.3 is 0 Å². The predicted octanol–water partition coefficient (Wildman–Crippen LogP) is 21.2. The minimum absolute atomic E-state index is 0.667. The molecule has 0 aromatic rings. The summed E-state index contributed by atoms with van der Waals surface area (Å²) in [6.45, 7) is 13.5. The van der Waals surface area contributed by atoms with Crippen LogP contribution in [0.15, 0.2) is 0 Å². The van der Waals surface area contributed by atoms with Crippen LogP contribution in [-0.4, -0.2) is 39.0 Å². The van der Waals surface area contributed by atoms with Gasteiger partial charge in [0, 0.05) is 19.2 Å². The third kappa shape index (κ3) is 54.5. The zero-order chi connectivity index (χ0) is 46.2. The summed E-state index contributed by atoms with van der Waals surface area (Å²) < 4.78 is 12.2. The molecule has 3 heteroatoms. The fourth-order valence-corrected chi connectivity index (χ4v) is 10.2. The fourth-order valence-electron chi connectivity index (χ4n) is 10.2. The van der Waals surface area contributed by atoms with Gasteiger partial charge in [-0.25, -0.2) is 0 Å². The number of unbranched alkanes of at least 4 members (excludes halogenated alkanes) is 40. The second-order valence-corrected chi connectivity index (χ2v) is 21.2. The van der Waals surface area contributed by atoms with E-state index in [1.54, 1.807) is 0 Å². The van der Waals surface area contributed by atoms with Crippen LogP contribution >= 0.6 is 0 Å². The molecule has 0 amide bonds. The van der Waals surface area contributed by atoms with Crippen LogP contribution in [0, 0.1) is 5.92 Å². The maximum atomic E-state index is 6.13. The smallest absolute Gasteiger partial charge is 0.0701 e. The molecule has 1 N–H and O–H groups in total. The first kappa shape index (κ1) is 63.9. The van der Waals surface area contributed by atoms with Gasteiger partial charge in [-0.1, -0.05) is 323 Å². The summed E-state index contributed by atoms with van der Waals surface area (Å²) in [4.78, 5) is 0. The van der Waals surface area contributed by atoms with Gasteiger partial charge in [0.15, 0.2) is 0 Å². The molecule has 0 saturated carbocycles. The van der Waals surface area contributed by atoms with E-state index in [0.29, 0.717) is 6.04 Å². The Kier molecular flexibility index (Phi) is 58.9. The van der Waals surface area contributed by atoms with Crippen molar-refractivity contribution in [1.82, 2.24) is 5.32 Å². The fraction of sp³-hybridized carbons (Fsp3) is 1.00. The second kappa shape index (κ2) is 59.0. The molecule has 0 aromatic heterocycles. The molecular formula is C61H125NO2. The molecule has 0 spiro atoms. The van der Waals surface area contributed by atoms with E-state index in [4.69, 9.17) is 9.47 Å². The van der Waals surface area contributed by atoms with Crippen LogP contribution in [0.3, 0.4) is 0 Å². The first-order valence-electron chi connectivity index (χ1n) is 30.7. The average molecular weight is 905 g/mol. The predicted molar refractivity (Wildman–Crippen MR) is 290 cm³/mol. The Hall–Kier alpha value is -0.120. The highest BCUT2D eigenvalue weighted by molar-refractivity contribution is 4.68. The van der Waals surface area contributed by atoms with Crippen LogP contribution in [0.25, 0.3) is 0 Å². The van der Waals surface area contributed by atoms with Gasteiger partial charge in [-0.3, -0.25) is 0 Å². The molecule has 0 atom stereocenters. The van der Waals surface area contributed by atoms with Crippen molar-refractivity contribution in [3.63, 3.8) is 0 Å². The van der Waals surface area contributed by atoms with Crippen molar-refractivity contribution in [2.24, 2.45) is 5.92 Å². The van der Waals surface area contributed by atoms with Crippen molar-refractivity contribution in [2.45, 2.75) is 355 Å². The largest absolute Gasteiger partial charge is 0.379 e. The molecule has 0 fully saturated rings. The zero-order valence-electron chi connectivity index (χ0n) is 45.4. The maximum Gasteiger partial charge on any atom is 0.0701 e. The summed E-state index contributed by atoms with van der Waals surface area (Å²) in [6.07, 6.45) is 71.5. The van der Waals surface area contributed by atoms with E-state index in [1.807, 2.05) is 0 Å². The number of nitrogens with one attached hydrogen (secondary N) is 1. The van der Waals surface area contributed by atoms with Gasteiger partial charge < -0.3 is 14.8 Å². The van der Waals surface area contributed by atoms with Crippen molar-refractivity contribution in [3.05, 3.63) is 0 Å². The van der Waals surface area contributed by atoms with Gasteiger partial charge in [-0.05, 0) is 31.6 Å². The molecule has 0 aliphatic heterocycles. The molecule has 64 heavy (non-hydrogen) atoms. The molecule has 0 bridgehead atoms. The molecule has 0 unspecified atom stereocenters. The maximum absolute atomic E-state index is 6.13. The van der Waals surface area contributed by atoms with Crippen molar-refractivity contribution in [1.29, 1.82) is 0 Å². The monoisotopic (exact) mass is 904 g/mol. The quantitative estimate of drug-likeness (QED) is 0.0617. The van der Waals surface area contributed by atoms with Gasteiger partial charge in [0.2, 0.25) is 0 Å². The minimum atomic E-state index is 0.667. The second-order valence-electron chi connectivity index (χ2n) is 21.2. The van der Waals surface area contributed by atoms with Crippen molar-refractivity contribution < 1.29 is 9.47 Å². The minimum Gasteiger partial charge on any atom is -0.379 e. The summed E-state index contributed by atoms with van der Waals surface area (Å²) in [5.74, 6) is 0.909. The summed E-state index contributed by atoms with van der Waals surface area (Å²) in [5, 5.41) is 3.93. The topological polar surface area (TPSA) is 30.5 Å². The van der Waals surface area contributed by atoms with Crippen molar-refractivity contribution in [3.8, 4) is 0 Å². The summed E-state index contributed by atoms with van der Waals surface area (Å²) in [7, 11) is 0. The third-order valence-corrected chi connectivity index (χ3v) is 14.7. The molecule has 0 aromatic carbocycles. The molecule has 0 aliphatic carbocycles.